The van der Waals surface area contributed by atoms with E-state index in [-0.39, 0.29) is 5.56 Å². The molecule has 1 heterocycles. The molecule has 0 radical (unpaired) electrons. The third kappa shape index (κ3) is 3.13. The highest BCUT2D eigenvalue weighted by molar-refractivity contribution is 7.07. The third-order valence-electron chi connectivity index (χ3n) is 2.73. The van der Waals surface area contributed by atoms with Crippen molar-refractivity contribution in [3.8, 4) is 0 Å². The highest BCUT2D eigenvalue weighted by Crippen LogP contribution is 2.36. The Morgan fingerprint density at radius 3 is 2.63 bits per heavy atom. The van der Waals surface area contributed by atoms with Crippen LogP contribution in [0, 0.1) is 0 Å². The van der Waals surface area contributed by atoms with Crippen LogP contribution in [0.4, 0.5) is 13.2 Å². The van der Waals surface area contributed by atoms with Gasteiger partial charge >= 0.3 is 6.18 Å². The molecule has 6 heteroatoms. The summed E-state index contributed by atoms with van der Waals surface area (Å²) in [7, 11) is 0. The lowest BCUT2D eigenvalue weighted by molar-refractivity contribution is -0.138. The lowest BCUT2D eigenvalue weighted by Crippen LogP contribution is -2.25. The van der Waals surface area contributed by atoms with Crippen LogP contribution in [0.25, 0.3) is 0 Å². The second-order valence-corrected chi connectivity index (χ2v) is 4.71. The highest BCUT2D eigenvalue weighted by Gasteiger charge is 2.35. The number of aromatic nitrogens is 1. The molecule has 2 rings (SSSR count). The molecule has 0 saturated carbocycles. The third-order valence-corrected chi connectivity index (χ3v) is 3.34. The maximum Gasteiger partial charge on any atom is 0.416 e. The molecule has 1 aromatic carbocycles. The Labute approximate surface area is 113 Å². The molecule has 102 valence electrons. The summed E-state index contributed by atoms with van der Waals surface area (Å²) in [5.74, 6) is 0. The summed E-state index contributed by atoms with van der Waals surface area (Å²) in [6.07, 6.45) is -4.36. The number of rotatable bonds is 4. The Morgan fingerprint density at radius 2 is 2.05 bits per heavy atom. The van der Waals surface area contributed by atoms with Gasteiger partial charge in [0.2, 0.25) is 0 Å². The first kappa shape index (κ1) is 14.0. The summed E-state index contributed by atoms with van der Waals surface area (Å²) in [4.78, 5) is 4.12. The number of alkyl halides is 3. The molecule has 1 atom stereocenters. The smallest absolute Gasteiger partial charge is 0.305 e. The van der Waals surface area contributed by atoms with E-state index in [9.17, 15) is 13.2 Å². The van der Waals surface area contributed by atoms with Crippen LogP contribution >= 0.6 is 11.3 Å². The zero-order valence-electron chi connectivity index (χ0n) is 10.2. The molecule has 0 aliphatic heterocycles. The fourth-order valence-corrected chi connectivity index (χ4v) is 2.53. The van der Waals surface area contributed by atoms with Gasteiger partial charge in [-0.05, 0) is 18.2 Å². The first-order valence-corrected chi connectivity index (χ1v) is 6.76. The lowest BCUT2D eigenvalue weighted by atomic mass is 9.98. The predicted octanol–water partition coefficient (Wildman–Crippen LogP) is 3.86. The van der Waals surface area contributed by atoms with Gasteiger partial charge in [0.25, 0.3) is 0 Å². The van der Waals surface area contributed by atoms with Crippen molar-refractivity contribution in [3.05, 3.63) is 52.0 Å². The molecule has 0 spiro atoms. The standard InChI is InChI=1S/C13H13F3N2S/c1-2-17-12(11-7-19-8-18-11)9-5-3-4-6-10(9)13(14,15)16/h3-8,12,17H,2H2,1H3. The van der Waals surface area contributed by atoms with E-state index in [4.69, 9.17) is 0 Å². The van der Waals surface area contributed by atoms with Crippen molar-refractivity contribution in [3.63, 3.8) is 0 Å². The van der Waals surface area contributed by atoms with Gasteiger partial charge in [-0.15, -0.1) is 11.3 Å². The van der Waals surface area contributed by atoms with E-state index in [1.54, 1.807) is 17.0 Å². The molecule has 2 nitrogen and oxygen atoms in total. The van der Waals surface area contributed by atoms with Crippen LogP contribution in [0.15, 0.2) is 35.2 Å². The van der Waals surface area contributed by atoms with Gasteiger partial charge in [0.1, 0.15) is 0 Å². The van der Waals surface area contributed by atoms with Gasteiger partial charge in [-0.1, -0.05) is 25.1 Å². The first-order chi connectivity index (χ1) is 9.04. The van der Waals surface area contributed by atoms with E-state index in [2.05, 4.69) is 10.3 Å². The average Bonchev–Trinajstić information content (AvgIpc) is 2.88. The summed E-state index contributed by atoms with van der Waals surface area (Å²) >= 11 is 1.37. The number of nitrogens with zero attached hydrogens (tertiary/aromatic N) is 1. The van der Waals surface area contributed by atoms with Crippen molar-refractivity contribution < 1.29 is 13.2 Å². The van der Waals surface area contributed by atoms with Gasteiger partial charge in [-0.3, -0.25) is 0 Å². The average molecular weight is 286 g/mol. The molecule has 2 aromatic rings. The van der Waals surface area contributed by atoms with Crippen LogP contribution in [0.2, 0.25) is 0 Å². The van der Waals surface area contributed by atoms with Crippen LogP contribution in [0.3, 0.4) is 0 Å². The molecule has 0 aliphatic rings. The Kier molecular flexibility index (Phi) is 4.21. The Bertz CT molecular complexity index is 523. The molecule has 0 aliphatic carbocycles. The molecular formula is C13H13F3N2S. The largest absolute Gasteiger partial charge is 0.416 e. The number of thiazole rings is 1. The van der Waals surface area contributed by atoms with E-state index in [0.29, 0.717) is 12.2 Å². The van der Waals surface area contributed by atoms with Crippen molar-refractivity contribution in [2.75, 3.05) is 6.54 Å². The minimum atomic E-state index is -4.36. The Hall–Kier alpha value is -1.40. The SMILES string of the molecule is CCNC(c1cscn1)c1ccccc1C(F)(F)F. The maximum atomic E-state index is 13.0. The Balaban J connectivity index is 2.48. The molecule has 19 heavy (non-hydrogen) atoms. The van der Waals surface area contributed by atoms with E-state index >= 15 is 0 Å². The van der Waals surface area contributed by atoms with Crippen molar-refractivity contribution in [1.29, 1.82) is 0 Å². The minimum absolute atomic E-state index is 0.211. The topological polar surface area (TPSA) is 24.9 Å². The number of nitrogens with one attached hydrogen (secondary N) is 1. The summed E-state index contributed by atoms with van der Waals surface area (Å²) in [5.41, 5.74) is 1.83. The normalized spacial score (nSPS) is 13.5. The molecule has 0 bridgehead atoms. The van der Waals surface area contributed by atoms with Crippen LogP contribution in [-0.2, 0) is 6.18 Å². The van der Waals surface area contributed by atoms with Crippen LogP contribution in [-0.4, -0.2) is 11.5 Å². The van der Waals surface area contributed by atoms with Gasteiger partial charge < -0.3 is 5.32 Å². The highest BCUT2D eigenvalue weighted by atomic mass is 32.1. The van der Waals surface area contributed by atoms with Crippen LogP contribution in [0.5, 0.6) is 0 Å². The number of hydrogen-bond donors (Lipinski definition) is 1. The summed E-state index contributed by atoms with van der Waals surface area (Å²) < 4.78 is 39.1. The van der Waals surface area contributed by atoms with Gasteiger partial charge in [-0.2, -0.15) is 13.2 Å². The molecule has 1 unspecified atom stereocenters. The lowest BCUT2D eigenvalue weighted by Gasteiger charge is -2.21. The monoisotopic (exact) mass is 286 g/mol. The molecular weight excluding hydrogens is 273 g/mol. The van der Waals surface area contributed by atoms with Crippen molar-refractivity contribution >= 4 is 11.3 Å². The molecule has 0 saturated heterocycles. The predicted molar refractivity (Wildman–Crippen MR) is 69.1 cm³/mol. The molecule has 1 aromatic heterocycles. The van der Waals surface area contributed by atoms with Crippen molar-refractivity contribution in [2.24, 2.45) is 0 Å². The van der Waals surface area contributed by atoms with Gasteiger partial charge in [-0.25, -0.2) is 4.98 Å². The van der Waals surface area contributed by atoms with Gasteiger partial charge in [0.15, 0.2) is 0 Å². The van der Waals surface area contributed by atoms with Crippen LogP contribution in [0.1, 0.15) is 29.8 Å². The molecule has 1 N–H and O–H groups in total. The van der Waals surface area contributed by atoms with E-state index in [0.717, 1.165) is 6.07 Å². The summed E-state index contributed by atoms with van der Waals surface area (Å²) in [5, 5.41) is 4.82. The number of benzene rings is 1. The van der Waals surface area contributed by atoms with Crippen molar-refractivity contribution in [1.82, 2.24) is 10.3 Å². The molecule has 0 amide bonds. The van der Waals surface area contributed by atoms with Crippen LogP contribution < -0.4 is 5.32 Å². The first-order valence-electron chi connectivity index (χ1n) is 5.81. The number of hydrogen-bond acceptors (Lipinski definition) is 3. The van der Waals surface area contributed by atoms with E-state index < -0.39 is 17.8 Å². The van der Waals surface area contributed by atoms with E-state index in [1.807, 2.05) is 6.92 Å². The van der Waals surface area contributed by atoms with Crippen molar-refractivity contribution in [2.45, 2.75) is 19.1 Å². The Morgan fingerprint density at radius 1 is 1.32 bits per heavy atom. The fraction of sp³-hybridized carbons (Fsp3) is 0.308. The summed E-state index contributed by atoms with van der Waals surface area (Å²) in [6.45, 7) is 2.42. The van der Waals surface area contributed by atoms with E-state index in [1.165, 1.54) is 23.5 Å². The van der Waals surface area contributed by atoms with Gasteiger partial charge in [0, 0.05) is 5.38 Å². The quantitative estimate of drug-likeness (QED) is 0.923. The minimum Gasteiger partial charge on any atom is -0.305 e. The zero-order chi connectivity index (χ0) is 13.9. The van der Waals surface area contributed by atoms with Gasteiger partial charge in [0.05, 0.1) is 22.8 Å². The second-order valence-electron chi connectivity index (χ2n) is 3.99. The zero-order valence-corrected chi connectivity index (χ0v) is 11.1. The summed E-state index contributed by atoms with van der Waals surface area (Å²) in [6, 6.07) is 5.08. The second kappa shape index (κ2) is 5.71. The fourth-order valence-electron chi connectivity index (χ4n) is 1.95. The maximum absolute atomic E-state index is 13.0. The number of halogens is 3. The molecule has 0 fully saturated rings.